The highest BCUT2D eigenvalue weighted by Crippen LogP contribution is 2.15. The fourth-order valence-electron chi connectivity index (χ4n) is 2.43. The summed E-state index contributed by atoms with van der Waals surface area (Å²) in [5.41, 5.74) is 3.17. The molecule has 0 bridgehead atoms. The van der Waals surface area contributed by atoms with Gasteiger partial charge in [0, 0.05) is 12.8 Å². The molecule has 0 aliphatic rings. The molecule has 0 saturated carbocycles. The minimum absolute atomic E-state index is 0.0227. The van der Waals surface area contributed by atoms with E-state index in [1.165, 1.54) is 6.92 Å². The summed E-state index contributed by atoms with van der Waals surface area (Å²) in [7, 11) is 0. The molecule has 0 radical (unpaired) electrons. The zero-order chi connectivity index (χ0) is 22.0. The molecule has 1 rings (SSSR count). The van der Waals surface area contributed by atoms with E-state index in [4.69, 9.17) is 4.74 Å². The maximum Gasteiger partial charge on any atom is 0.326 e. The molecule has 0 fully saturated rings. The summed E-state index contributed by atoms with van der Waals surface area (Å²) in [6.45, 7) is 10.7. The lowest BCUT2D eigenvalue weighted by atomic mass is 10.1. The Balaban J connectivity index is 2.85. The van der Waals surface area contributed by atoms with E-state index in [0.29, 0.717) is 12.1 Å². The Morgan fingerprint density at radius 1 is 1.24 bits per heavy atom. The SMILES string of the molecule is C/C=C(\C=C(\C)C(C)=O)/C=N/c1cccc(CNC(C(=O)OC(C)C)C(C)O)c1. The lowest BCUT2D eigenvalue weighted by Crippen LogP contribution is -2.46. The number of hydrogen-bond donors (Lipinski definition) is 2. The molecule has 6 heteroatoms. The number of aliphatic hydroxyl groups is 1. The van der Waals surface area contributed by atoms with Crippen LogP contribution in [0.1, 0.15) is 47.1 Å². The van der Waals surface area contributed by atoms with Gasteiger partial charge in [-0.1, -0.05) is 18.2 Å². The molecule has 1 aromatic rings. The van der Waals surface area contributed by atoms with Crippen molar-refractivity contribution in [2.24, 2.45) is 4.99 Å². The molecular formula is C23H32N2O4. The molecule has 0 aliphatic carbocycles. The number of carbonyl (C=O) groups excluding carboxylic acids is 2. The number of nitrogens with one attached hydrogen (secondary N) is 1. The third kappa shape index (κ3) is 8.98. The van der Waals surface area contributed by atoms with Crippen LogP contribution >= 0.6 is 0 Å². The van der Waals surface area contributed by atoms with Crippen molar-refractivity contribution in [1.82, 2.24) is 5.32 Å². The van der Waals surface area contributed by atoms with Gasteiger partial charge in [0.1, 0.15) is 6.04 Å². The third-order valence-electron chi connectivity index (χ3n) is 4.16. The Labute approximate surface area is 173 Å². The average molecular weight is 401 g/mol. The average Bonchev–Trinajstić information content (AvgIpc) is 2.64. The van der Waals surface area contributed by atoms with Gasteiger partial charge in [-0.25, -0.2) is 0 Å². The first-order valence-corrected chi connectivity index (χ1v) is 9.74. The fourth-order valence-corrected chi connectivity index (χ4v) is 2.43. The number of benzene rings is 1. The fraction of sp³-hybridized carbons (Fsp3) is 0.435. The first-order chi connectivity index (χ1) is 13.6. The van der Waals surface area contributed by atoms with E-state index in [-0.39, 0.29) is 11.9 Å². The smallest absolute Gasteiger partial charge is 0.326 e. The molecule has 29 heavy (non-hydrogen) atoms. The highest BCUT2D eigenvalue weighted by Gasteiger charge is 2.25. The van der Waals surface area contributed by atoms with Crippen LogP contribution in [0.4, 0.5) is 5.69 Å². The number of hydrogen-bond acceptors (Lipinski definition) is 6. The maximum atomic E-state index is 12.1. The van der Waals surface area contributed by atoms with E-state index >= 15 is 0 Å². The van der Waals surface area contributed by atoms with E-state index in [1.807, 2.05) is 37.3 Å². The second-order valence-electron chi connectivity index (χ2n) is 7.19. The van der Waals surface area contributed by atoms with Crippen molar-refractivity contribution in [2.75, 3.05) is 0 Å². The van der Waals surface area contributed by atoms with Crippen LogP contribution in [0.5, 0.6) is 0 Å². The standard InChI is InChI=1S/C23H32N2O4/c1-7-19(11-16(4)17(5)26)13-24-21-10-8-9-20(12-21)14-25-22(18(6)27)23(28)29-15(2)3/h7-13,15,18,22,25,27H,14H2,1-6H3/b16-11-,19-7+,24-13+. The largest absolute Gasteiger partial charge is 0.462 e. The van der Waals surface area contributed by atoms with Gasteiger partial charge in [0.25, 0.3) is 0 Å². The normalized spacial score (nSPS) is 14.9. The van der Waals surface area contributed by atoms with Crippen LogP contribution in [-0.2, 0) is 20.9 Å². The third-order valence-corrected chi connectivity index (χ3v) is 4.16. The molecule has 2 unspecified atom stereocenters. The van der Waals surface area contributed by atoms with Crippen molar-refractivity contribution >= 4 is 23.7 Å². The quantitative estimate of drug-likeness (QED) is 0.271. The van der Waals surface area contributed by atoms with Crippen molar-refractivity contribution in [3.05, 3.63) is 53.1 Å². The van der Waals surface area contributed by atoms with Gasteiger partial charge in [0.15, 0.2) is 5.78 Å². The number of aliphatic hydroxyl groups excluding tert-OH is 1. The van der Waals surface area contributed by atoms with E-state index in [1.54, 1.807) is 40.0 Å². The number of nitrogens with zero attached hydrogens (tertiary/aromatic N) is 1. The number of allylic oxidation sites excluding steroid dienone is 4. The van der Waals surface area contributed by atoms with Crippen molar-refractivity contribution in [3.63, 3.8) is 0 Å². The number of esters is 1. The molecular weight excluding hydrogens is 368 g/mol. The van der Waals surface area contributed by atoms with Crippen molar-refractivity contribution in [3.8, 4) is 0 Å². The Hall–Kier alpha value is -2.57. The van der Waals surface area contributed by atoms with Gasteiger partial charge in [-0.2, -0.15) is 0 Å². The van der Waals surface area contributed by atoms with Crippen LogP contribution < -0.4 is 5.32 Å². The second kappa shape index (κ2) is 12.1. The van der Waals surface area contributed by atoms with Gasteiger partial charge in [0.05, 0.1) is 17.9 Å². The Bertz CT molecular complexity index is 792. The number of rotatable bonds is 10. The summed E-state index contributed by atoms with van der Waals surface area (Å²) < 4.78 is 5.19. The predicted molar refractivity (Wildman–Crippen MR) is 116 cm³/mol. The number of ether oxygens (including phenoxy) is 1. The molecule has 0 saturated heterocycles. The van der Waals surface area contributed by atoms with Gasteiger partial charge in [-0.15, -0.1) is 0 Å². The van der Waals surface area contributed by atoms with E-state index in [0.717, 1.165) is 16.8 Å². The highest BCUT2D eigenvalue weighted by molar-refractivity contribution is 5.95. The Morgan fingerprint density at radius 3 is 2.48 bits per heavy atom. The van der Waals surface area contributed by atoms with Gasteiger partial charge >= 0.3 is 5.97 Å². The minimum Gasteiger partial charge on any atom is -0.462 e. The van der Waals surface area contributed by atoms with Crippen molar-refractivity contribution in [1.29, 1.82) is 0 Å². The Morgan fingerprint density at radius 2 is 1.93 bits per heavy atom. The molecule has 1 aromatic carbocycles. The highest BCUT2D eigenvalue weighted by atomic mass is 16.5. The minimum atomic E-state index is -0.879. The maximum absolute atomic E-state index is 12.1. The summed E-state index contributed by atoms with van der Waals surface area (Å²) in [4.78, 5) is 28.0. The van der Waals surface area contributed by atoms with Crippen LogP contribution in [0.25, 0.3) is 0 Å². The van der Waals surface area contributed by atoms with E-state index in [9.17, 15) is 14.7 Å². The van der Waals surface area contributed by atoms with E-state index in [2.05, 4.69) is 10.3 Å². The summed E-state index contributed by atoms with van der Waals surface area (Å²) in [6.07, 6.45) is 4.26. The molecule has 0 aliphatic heterocycles. The van der Waals surface area contributed by atoms with Crippen molar-refractivity contribution in [2.45, 2.75) is 66.3 Å². The van der Waals surface area contributed by atoms with Gasteiger partial charge in [-0.05, 0) is 76.5 Å². The molecule has 0 amide bonds. The van der Waals surface area contributed by atoms with Crippen LogP contribution in [-0.4, -0.2) is 41.3 Å². The van der Waals surface area contributed by atoms with E-state index < -0.39 is 18.1 Å². The molecule has 158 valence electrons. The molecule has 0 heterocycles. The summed E-state index contributed by atoms with van der Waals surface area (Å²) >= 11 is 0. The summed E-state index contributed by atoms with van der Waals surface area (Å²) in [6, 6.07) is 6.74. The van der Waals surface area contributed by atoms with Crippen molar-refractivity contribution < 1.29 is 19.4 Å². The lowest BCUT2D eigenvalue weighted by molar-refractivity contribution is -0.152. The molecule has 2 N–H and O–H groups in total. The second-order valence-corrected chi connectivity index (χ2v) is 7.19. The lowest BCUT2D eigenvalue weighted by Gasteiger charge is -2.21. The topological polar surface area (TPSA) is 88.0 Å². The van der Waals surface area contributed by atoms with Gasteiger partial charge in [0.2, 0.25) is 0 Å². The zero-order valence-corrected chi connectivity index (χ0v) is 18.1. The van der Waals surface area contributed by atoms with Gasteiger partial charge in [-0.3, -0.25) is 19.9 Å². The molecule has 0 aromatic heterocycles. The molecule has 2 atom stereocenters. The monoisotopic (exact) mass is 400 g/mol. The molecule has 0 spiro atoms. The van der Waals surface area contributed by atoms with Crippen LogP contribution in [0.15, 0.2) is 52.6 Å². The number of ketones is 1. The Kier molecular flexibility index (Phi) is 10.2. The summed E-state index contributed by atoms with van der Waals surface area (Å²) in [5, 5.41) is 12.9. The van der Waals surface area contributed by atoms with Crippen LogP contribution in [0.3, 0.4) is 0 Å². The van der Waals surface area contributed by atoms with Crippen LogP contribution in [0.2, 0.25) is 0 Å². The first-order valence-electron chi connectivity index (χ1n) is 9.74. The number of aliphatic imine (C=N–C) groups is 1. The zero-order valence-electron chi connectivity index (χ0n) is 18.1. The number of carbonyl (C=O) groups is 2. The predicted octanol–water partition coefficient (Wildman–Crippen LogP) is 3.66. The summed E-state index contributed by atoms with van der Waals surface area (Å²) in [5.74, 6) is -0.455. The van der Waals surface area contributed by atoms with Gasteiger partial charge < -0.3 is 9.84 Å². The molecule has 6 nitrogen and oxygen atoms in total. The first kappa shape index (κ1) is 24.5. The van der Waals surface area contributed by atoms with Crippen LogP contribution in [0, 0.1) is 0 Å². The number of Topliss-reactive ketones (excluding diaryl/α,β-unsaturated/α-hetero) is 1.